The number of nitrogens with zero attached hydrogens (tertiary/aromatic N) is 5. The molecule has 38 heavy (non-hydrogen) atoms. The van der Waals surface area contributed by atoms with E-state index in [1.165, 1.54) is 16.7 Å². The second kappa shape index (κ2) is 11.6. The maximum atomic E-state index is 13.3. The van der Waals surface area contributed by atoms with E-state index in [2.05, 4.69) is 88.6 Å². The van der Waals surface area contributed by atoms with E-state index in [0.717, 1.165) is 66.7 Å². The minimum absolute atomic E-state index is 0.0373. The third-order valence-corrected chi connectivity index (χ3v) is 7.76. The van der Waals surface area contributed by atoms with Crippen LogP contribution in [-0.2, 0) is 24.2 Å². The Bertz CT molecular complexity index is 1450. The van der Waals surface area contributed by atoms with Crippen LogP contribution in [0.25, 0.3) is 10.9 Å². The Balaban J connectivity index is 1.49. The summed E-state index contributed by atoms with van der Waals surface area (Å²) in [7, 11) is 0. The van der Waals surface area contributed by atoms with Gasteiger partial charge in [0.2, 0.25) is 0 Å². The van der Waals surface area contributed by atoms with Gasteiger partial charge in [-0.25, -0.2) is 4.68 Å². The lowest BCUT2D eigenvalue weighted by atomic mass is 10.0. The van der Waals surface area contributed by atoms with E-state index in [0.29, 0.717) is 13.1 Å². The van der Waals surface area contributed by atoms with E-state index < -0.39 is 0 Å². The highest BCUT2D eigenvalue weighted by Gasteiger charge is 2.27. The maximum Gasteiger partial charge on any atom is 0.252 e. The number of fused-ring (bicyclic) bond motifs is 1. The average molecular weight is 515 g/mol. The number of hydrogen-bond donors (Lipinski definition) is 1. The first-order valence-electron chi connectivity index (χ1n) is 13.7. The average Bonchev–Trinajstić information content (AvgIpc) is 3.57. The molecule has 1 aliphatic heterocycles. The Morgan fingerprint density at radius 3 is 2.74 bits per heavy atom. The van der Waals surface area contributed by atoms with Crippen LogP contribution < -0.4 is 5.56 Å². The van der Waals surface area contributed by atoms with Gasteiger partial charge in [-0.15, -0.1) is 5.10 Å². The van der Waals surface area contributed by atoms with Gasteiger partial charge in [0.05, 0.1) is 24.2 Å². The van der Waals surface area contributed by atoms with Crippen LogP contribution in [0, 0.1) is 20.8 Å². The van der Waals surface area contributed by atoms with E-state index in [1.54, 1.807) is 0 Å². The molecule has 4 aromatic rings. The van der Waals surface area contributed by atoms with Gasteiger partial charge in [-0.1, -0.05) is 42.8 Å². The van der Waals surface area contributed by atoms with Gasteiger partial charge in [0, 0.05) is 25.3 Å². The van der Waals surface area contributed by atoms with E-state index >= 15 is 0 Å². The Morgan fingerprint density at radius 1 is 1.13 bits per heavy atom. The summed E-state index contributed by atoms with van der Waals surface area (Å²) in [5.74, 6) is 0.830. The number of rotatable bonds is 10. The summed E-state index contributed by atoms with van der Waals surface area (Å²) < 4.78 is 7.77. The summed E-state index contributed by atoms with van der Waals surface area (Å²) in [5.41, 5.74) is 6.47. The Morgan fingerprint density at radius 2 is 1.97 bits per heavy atom. The van der Waals surface area contributed by atoms with Crippen LogP contribution in [0.4, 0.5) is 0 Å². The van der Waals surface area contributed by atoms with Crippen molar-refractivity contribution in [2.45, 2.75) is 78.6 Å². The molecule has 1 aliphatic rings. The van der Waals surface area contributed by atoms with E-state index in [-0.39, 0.29) is 17.7 Å². The van der Waals surface area contributed by atoms with Gasteiger partial charge in [-0.2, -0.15) is 0 Å². The van der Waals surface area contributed by atoms with Crippen LogP contribution in [0.3, 0.4) is 0 Å². The molecule has 2 aromatic heterocycles. The number of pyridine rings is 1. The van der Waals surface area contributed by atoms with Gasteiger partial charge >= 0.3 is 0 Å². The molecule has 2 aromatic carbocycles. The van der Waals surface area contributed by atoms with Crippen LogP contribution >= 0.6 is 0 Å². The molecule has 8 nitrogen and oxygen atoms in total. The van der Waals surface area contributed by atoms with E-state index in [4.69, 9.17) is 4.74 Å². The molecule has 0 aliphatic carbocycles. The molecule has 1 N–H and O–H groups in total. The molecule has 0 radical (unpaired) electrons. The zero-order valence-electron chi connectivity index (χ0n) is 22.9. The van der Waals surface area contributed by atoms with Gasteiger partial charge in [0.15, 0.2) is 5.82 Å². The van der Waals surface area contributed by atoms with E-state index in [1.807, 2.05) is 11.6 Å². The number of nitrogens with one attached hydrogen (secondary N) is 1. The Labute approximate surface area is 224 Å². The number of benzene rings is 2. The molecule has 0 bridgehead atoms. The van der Waals surface area contributed by atoms with Crippen molar-refractivity contribution in [1.82, 2.24) is 30.1 Å². The second-order valence-corrected chi connectivity index (χ2v) is 10.6. The lowest BCUT2D eigenvalue weighted by Gasteiger charge is -2.30. The number of tetrazole rings is 1. The number of H-pyrrole nitrogens is 1. The standard InChI is InChI=1S/C30H38N6O2/c1-5-27(29-32-33-34-36(29)19-26-11-8-14-38-26)35(13-12-23-10-7-6-9-21(23)3)18-25-17-24-16-20(2)15-22(4)28(24)31-30(25)37/h6-7,9-10,15-17,26-27H,5,8,11-14,18-19H2,1-4H3,(H,31,37). The molecule has 3 heterocycles. The predicted octanol–water partition coefficient (Wildman–Crippen LogP) is 4.81. The van der Waals surface area contributed by atoms with Gasteiger partial charge in [-0.05, 0) is 91.1 Å². The number of ether oxygens (including phenoxy) is 1. The molecular formula is C30H38N6O2. The molecular weight excluding hydrogens is 476 g/mol. The number of hydrogen-bond acceptors (Lipinski definition) is 6. The topological polar surface area (TPSA) is 88.9 Å². The first kappa shape index (κ1) is 26.3. The number of aryl methyl sites for hydroxylation is 3. The molecule has 2 unspecified atom stereocenters. The molecule has 0 spiro atoms. The van der Waals surface area contributed by atoms with Crippen LogP contribution in [0.5, 0.6) is 0 Å². The summed E-state index contributed by atoms with van der Waals surface area (Å²) in [6.45, 7) is 11.2. The number of aromatic nitrogens is 5. The molecule has 8 heteroatoms. The second-order valence-electron chi connectivity index (χ2n) is 10.6. The lowest BCUT2D eigenvalue weighted by molar-refractivity contribution is 0.0893. The quantitative estimate of drug-likeness (QED) is 0.327. The first-order chi connectivity index (χ1) is 18.4. The molecule has 2 atom stereocenters. The minimum Gasteiger partial charge on any atom is -0.376 e. The van der Waals surface area contributed by atoms with Crippen molar-refractivity contribution < 1.29 is 4.74 Å². The van der Waals surface area contributed by atoms with Crippen molar-refractivity contribution in [1.29, 1.82) is 0 Å². The van der Waals surface area contributed by atoms with E-state index in [9.17, 15) is 4.79 Å². The minimum atomic E-state index is -0.0425. The highest BCUT2D eigenvalue weighted by molar-refractivity contribution is 5.82. The van der Waals surface area contributed by atoms with Crippen molar-refractivity contribution in [3.63, 3.8) is 0 Å². The Kier molecular flexibility index (Phi) is 8.00. The zero-order valence-corrected chi connectivity index (χ0v) is 22.9. The SMILES string of the molecule is CCC(c1nnnn1CC1CCCO1)N(CCc1ccccc1C)Cc1cc2cc(C)cc(C)c2[nH]c1=O. The first-order valence-corrected chi connectivity index (χ1v) is 13.7. The van der Waals surface area contributed by atoms with Gasteiger partial charge in [0.25, 0.3) is 5.56 Å². The molecule has 1 fully saturated rings. The highest BCUT2D eigenvalue weighted by atomic mass is 16.5. The Hall–Kier alpha value is -3.36. The van der Waals surface area contributed by atoms with Gasteiger partial charge < -0.3 is 9.72 Å². The van der Waals surface area contributed by atoms with Crippen LogP contribution in [0.1, 0.15) is 65.9 Å². The zero-order chi connectivity index (χ0) is 26.6. The van der Waals surface area contributed by atoms with Crippen LogP contribution in [-0.4, -0.2) is 49.3 Å². The van der Waals surface area contributed by atoms with Crippen molar-refractivity contribution >= 4 is 10.9 Å². The predicted molar refractivity (Wildman–Crippen MR) is 149 cm³/mol. The van der Waals surface area contributed by atoms with Gasteiger partial charge in [-0.3, -0.25) is 9.69 Å². The summed E-state index contributed by atoms with van der Waals surface area (Å²) in [6.07, 6.45) is 3.94. The summed E-state index contributed by atoms with van der Waals surface area (Å²) in [4.78, 5) is 18.8. The van der Waals surface area contributed by atoms with Crippen LogP contribution in [0.15, 0.2) is 47.3 Å². The van der Waals surface area contributed by atoms with Crippen molar-refractivity contribution in [2.24, 2.45) is 0 Å². The summed E-state index contributed by atoms with van der Waals surface area (Å²) in [5, 5.41) is 13.9. The largest absolute Gasteiger partial charge is 0.376 e. The highest BCUT2D eigenvalue weighted by Crippen LogP contribution is 2.27. The fourth-order valence-corrected chi connectivity index (χ4v) is 5.73. The van der Waals surface area contributed by atoms with Gasteiger partial charge in [0.1, 0.15) is 0 Å². The van der Waals surface area contributed by atoms with Crippen molar-refractivity contribution in [3.8, 4) is 0 Å². The van der Waals surface area contributed by atoms with Crippen molar-refractivity contribution in [3.05, 3.63) is 86.5 Å². The monoisotopic (exact) mass is 514 g/mol. The molecule has 0 amide bonds. The lowest BCUT2D eigenvalue weighted by Crippen LogP contribution is -2.35. The molecule has 200 valence electrons. The normalized spacial score (nSPS) is 16.5. The molecule has 0 saturated carbocycles. The fourth-order valence-electron chi connectivity index (χ4n) is 5.73. The number of aromatic amines is 1. The van der Waals surface area contributed by atoms with Crippen molar-refractivity contribution in [2.75, 3.05) is 13.2 Å². The third kappa shape index (κ3) is 5.71. The summed E-state index contributed by atoms with van der Waals surface area (Å²) >= 11 is 0. The maximum absolute atomic E-state index is 13.3. The van der Waals surface area contributed by atoms with Crippen LogP contribution in [0.2, 0.25) is 0 Å². The molecule has 1 saturated heterocycles. The fraction of sp³-hybridized carbons (Fsp3) is 0.467. The third-order valence-electron chi connectivity index (χ3n) is 7.76. The molecule has 5 rings (SSSR count). The summed E-state index contributed by atoms with van der Waals surface area (Å²) in [6, 6.07) is 14.8. The smallest absolute Gasteiger partial charge is 0.252 e.